The van der Waals surface area contributed by atoms with Gasteiger partial charge in [-0.15, -0.1) is 24.0 Å². The standard InChI is InChI=1S/C19H26FN5O2.HI/c1-21-19(23-8-9-25-10-12-26-13-11-25)22-7-6-17-14-27-18(24-17)15-2-4-16(20)5-3-15;/h2-5,14H,6-13H2,1H3,(H2,21,22,23);1H. The van der Waals surface area contributed by atoms with E-state index >= 15 is 0 Å². The molecule has 9 heteroatoms. The van der Waals surface area contributed by atoms with Gasteiger partial charge in [-0.05, 0) is 24.3 Å². The van der Waals surface area contributed by atoms with E-state index < -0.39 is 0 Å². The fourth-order valence-electron chi connectivity index (χ4n) is 2.83. The Bertz CT molecular complexity index is 732. The topological polar surface area (TPSA) is 74.9 Å². The number of hydrogen-bond acceptors (Lipinski definition) is 5. The van der Waals surface area contributed by atoms with Gasteiger partial charge in [-0.3, -0.25) is 9.89 Å². The molecule has 0 spiro atoms. The molecule has 0 amide bonds. The molecule has 7 nitrogen and oxygen atoms in total. The molecule has 28 heavy (non-hydrogen) atoms. The van der Waals surface area contributed by atoms with Crippen molar-refractivity contribution >= 4 is 29.9 Å². The Labute approximate surface area is 181 Å². The second-order valence-corrected chi connectivity index (χ2v) is 6.28. The number of ether oxygens (including phenoxy) is 1. The van der Waals surface area contributed by atoms with Crippen molar-refractivity contribution in [2.75, 3.05) is 53.0 Å². The molecule has 1 fully saturated rings. The summed E-state index contributed by atoms with van der Waals surface area (Å²) in [7, 11) is 1.76. The average molecular weight is 503 g/mol. The third kappa shape index (κ3) is 7.02. The summed E-state index contributed by atoms with van der Waals surface area (Å²) in [5, 5.41) is 6.59. The number of oxazole rings is 1. The zero-order chi connectivity index (χ0) is 18.9. The van der Waals surface area contributed by atoms with Crippen LogP contribution in [0.4, 0.5) is 4.39 Å². The van der Waals surface area contributed by atoms with E-state index in [0.717, 1.165) is 56.6 Å². The quantitative estimate of drug-likeness (QED) is 0.343. The molecule has 1 aliphatic heterocycles. The molecular weight excluding hydrogens is 476 g/mol. The molecule has 154 valence electrons. The van der Waals surface area contributed by atoms with Crippen LogP contribution in [0.25, 0.3) is 11.5 Å². The van der Waals surface area contributed by atoms with Crippen LogP contribution in [0.5, 0.6) is 0 Å². The summed E-state index contributed by atoms with van der Waals surface area (Å²) in [6.07, 6.45) is 2.34. The van der Waals surface area contributed by atoms with Gasteiger partial charge in [-0.2, -0.15) is 0 Å². The average Bonchev–Trinajstić information content (AvgIpc) is 3.17. The molecule has 2 N–H and O–H groups in total. The largest absolute Gasteiger partial charge is 0.444 e. The summed E-state index contributed by atoms with van der Waals surface area (Å²) in [6.45, 7) is 6.07. The minimum Gasteiger partial charge on any atom is -0.444 e. The fourth-order valence-corrected chi connectivity index (χ4v) is 2.83. The second kappa shape index (κ2) is 12.0. The highest BCUT2D eigenvalue weighted by Crippen LogP contribution is 2.18. The number of rotatable bonds is 7. The molecule has 1 aromatic heterocycles. The molecule has 0 radical (unpaired) electrons. The lowest BCUT2D eigenvalue weighted by molar-refractivity contribution is 0.0389. The van der Waals surface area contributed by atoms with Gasteiger partial charge in [0.15, 0.2) is 5.96 Å². The third-order valence-electron chi connectivity index (χ3n) is 4.36. The normalized spacial score (nSPS) is 15.1. The number of aromatic nitrogens is 1. The molecule has 0 atom stereocenters. The minimum atomic E-state index is -0.276. The molecule has 0 aliphatic carbocycles. The monoisotopic (exact) mass is 503 g/mol. The summed E-state index contributed by atoms with van der Waals surface area (Å²) < 4.78 is 23.8. The lowest BCUT2D eigenvalue weighted by Crippen LogP contribution is -2.44. The predicted molar refractivity (Wildman–Crippen MR) is 118 cm³/mol. The van der Waals surface area contributed by atoms with Gasteiger partial charge >= 0.3 is 0 Å². The second-order valence-electron chi connectivity index (χ2n) is 6.28. The Morgan fingerprint density at radius 2 is 1.89 bits per heavy atom. The van der Waals surface area contributed by atoms with Crippen LogP contribution in [0.15, 0.2) is 39.9 Å². The van der Waals surface area contributed by atoms with E-state index in [9.17, 15) is 4.39 Å². The van der Waals surface area contributed by atoms with E-state index in [4.69, 9.17) is 9.15 Å². The molecule has 1 aromatic carbocycles. The number of hydrogen-bond donors (Lipinski definition) is 2. The van der Waals surface area contributed by atoms with Crippen LogP contribution in [-0.4, -0.2) is 68.8 Å². The maximum atomic E-state index is 13.0. The fraction of sp³-hybridized carbons (Fsp3) is 0.474. The van der Waals surface area contributed by atoms with E-state index in [0.29, 0.717) is 18.9 Å². The molecule has 0 bridgehead atoms. The Morgan fingerprint density at radius 3 is 2.61 bits per heavy atom. The van der Waals surface area contributed by atoms with Gasteiger partial charge in [0.25, 0.3) is 0 Å². The Morgan fingerprint density at radius 1 is 1.18 bits per heavy atom. The molecule has 2 aromatic rings. The van der Waals surface area contributed by atoms with Crippen LogP contribution in [0.2, 0.25) is 0 Å². The summed E-state index contributed by atoms with van der Waals surface area (Å²) in [5.74, 6) is 0.991. The van der Waals surface area contributed by atoms with Gasteiger partial charge in [-0.25, -0.2) is 9.37 Å². The highest BCUT2D eigenvalue weighted by molar-refractivity contribution is 14.0. The number of halogens is 2. The molecule has 3 rings (SSSR count). The zero-order valence-electron chi connectivity index (χ0n) is 16.0. The zero-order valence-corrected chi connectivity index (χ0v) is 18.3. The van der Waals surface area contributed by atoms with Gasteiger partial charge in [-0.1, -0.05) is 0 Å². The molecule has 2 heterocycles. The first kappa shape index (κ1) is 22.6. The summed E-state index contributed by atoms with van der Waals surface area (Å²) in [5.41, 5.74) is 1.60. The first-order chi connectivity index (χ1) is 13.2. The van der Waals surface area contributed by atoms with Gasteiger partial charge in [0, 0.05) is 51.8 Å². The Hall–Kier alpha value is -1.72. The first-order valence-corrected chi connectivity index (χ1v) is 9.19. The van der Waals surface area contributed by atoms with Crippen LogP contribution >= 0.6 is 24.0 Å². The number of nitrogens with one attached hydrogen (secondary N) is 2. The van der Waals surface area contributed by atoms with Crippen molar-refractivity contribution in [3.8, 4) is 11.5 Å². The van der Waals surface area contributed by atoms with E-state index in [1.807, 2.05) is 0 Å². The van der Waals surface area contributed by atoms with E-state index in [1.54, 1.807) is 25.4 Å². The molecular formula is C19H27FIN5O2. The first-order valence-electron chi connectivity index (χ1n) is 9.19. The van der Waals surface area contributed by atoms with Crippen LogP contribution in [-0.2, 0) is 11.2 Å². The van der Waals surface area contributed by atoms with Crippen molar-refractivity contribution in [1.29, 1.82) is 0 Å². The number of aliphatic imine (C=N–C) groups is 1. The summed E-state index contributed by atoms with van der Waals surface area (Å²) in [4.78, 5) is 11.1. The van der Waals surface area contributed by atoms with Crippen LogP contribution in [0.1, 0.15) is 5.69 Å². The molecule has 0 saturated carbocycles. The maximum Gasteiger partial charge on any atom is 0.226 e. The summed E-state index contributed by atoms with van der Waals surface area (Å²) >= 11 is 0. The van der Waals surface area contributed by atoms with E-state index in [-0.39, 0.29) is 29.8 Å². The van der Waals surface area contributed by atoms with Crippen molar-refractivity contribution in [3.63, 3.8) is 0 Å². The number of nitrogens with zero attached hydrogens (tertiary/aromatic N) is 3. The van der Waals surface area contributed by atoms with Crippen LogP contribution in [0.3, 0.4) is 0 Å². The van der Waals surface area contributed by atoms with E-state index in [1.165, 1.54) is 12.1 Å². The van der Waals surface area contributed by atoms with Crippen molar-refractivity contribution in [3.05, 3.63) is 42.0 Å². The van der Waals surface area contributed by atoms with Gasteiger partial charge in [0.2, 0.25) is 5.89 Å². The molecule has 0 unspecified atom stereocenters. The maximum absolute atomic E-state index is 13.0. The summed E-state index contributed by atoms with van der Waals surface area (Å²) in [6, 6.07) is 6.10. The van der Waals surface area contributed by atoms with Gasteiger partial charge in [0.1, 0.15) is 12.1 Å². The van der Waals surface area contributed by atoms with Gasteiger partial charge < -0.3 is 19.8 Å². The highest BCUT2D eigenvalue weighted by atomic mass is 127. The predicted octanol–water partition coefficient (Wildman–Crippen LogP) is 2.14. The Balaban J connectivity index is 0.00000280. The van der Waals surface area contributed by atoms with Gasteiger partial charge in [0.05, 0.1) is 18.9 Å². The lowest BCUT2D eigenvalue weighted by Gasteiger charge is -2.26. The number of benzene rings is 1. The highest BCUT2D eigenvalue weighted by Gasteiger charge is 2.10. The van der Waals surface area contributed by atoms with Crippen LogP contribution < -0.4 is 10.6 Å². The minimum absolute atomic E-state index is 0. The molecule has 1 saturated heterocycles. The van der Waals surface area contributed by atoms with Crippen LogP contribution in [0, 0.1) is 5.82 Å². The van der Waals surface area contributed by atoms with E-state index in [2.05, 4.69) is 25.5 Å². The third-order valence-corrected chi connectivity index (χ3v) is 4.36. The number of guanidine groups is 1. The molecule has 1 aliphatic rings. The van der Waals surface area contributed by atoms with Crippen molar-refractivity contribution in [2.45, 2.75) is 6.42 Å². The van der Waals surface area contributed by atoms with Crippen molar-refractivity contribution in [2.24, 2.45) is 4.99 Å². The SMILES string of the molecule is CN=C(NCCc1coc(-c2ccc(F)cc2)n1)NCCN1CCOCC1.I. The van der Waals surface area contributed by atoms with Crippen molar-refractivity contribution < 1.29 is 13.5 Å². The number of morpholine rings is 1. The van der Waals surface area contributed by atoms with Crippen molar-refractivity contribution in [1.82, 2.24) is 20.5 Å². The smallest absolute Gasteiger partial charge is 0.226 e. The Kier molecular flexibility index (Phi) is 9.65. The lowest BCUT2D eigenvalue weighted by atomic mass is 10.2.